The van der Waals surface area contributed by atoms with E-state index in [0.717, 1.165) is 24.5 Å². The maximum absolute atomic E-state index is 11.7. The summed E-state index contributed by atoms with van der Waals surface area (Å²) < 4.78 is 23.5. The van der Waals surface area contributed by atoms with Crippen LogP contribution in [0.2, 0.25) is 0 Å². The minimum absolute atomic E-state index is 0.229. The zero-order chi connectivity index (χ0) is 16.6. The van der Waals surface area contributed by atoms with Crippen LogP contribution in [0.4, 0.5) is 11.4 Å². The first-order valence-electron chi connectivity index (χ1n) is 8.07. The van der Waals surface area contributed by atoms with Crippen LogP contribution in [0.5, 0.6) is 0 Å². The van der Waals surface area contributed by atoms with E-state index >= 15 is 0 Å². The third-order valence-corrected chi connectivity index (χ3v) is 6.42. The molecular weight excluding hydrogens is 316 g/mol. The number of anilines is 1. The van der Waals surface area contributed by atoms with E-state index < -0.39 is 14.8 Å². The summed E-state index contributed by atoms with van der Waals surface area (Å²) in [5.74, 6) is 2.41. The molecule has 2 saturated carbocycles. The summed E-state index contributed by atoms with van der Waals surface area (Å²) >= 11 is 0. The molecule has 126 valence electrons. The Balaban J connectivity index is 1.71. The van der Waals surface area contributed by atoms with Crippen LogP contribution in [0, 0.1) is 27.9 Å². The van der Waals surface area contributed by atoms with Crippen molar-refractivity contribution < 1.29 is 13.3 Å². The fraction of sp³-hybridized carbons (Fsp3) is 0.625. The average molecular weight is 338 g/mol. The van der Waals surface area contributed by atoms with E-state index in [1.54, 1.807) is 12.1 Å². The van der Waals surface area contributed by atoms with Gasteiger partial charge in [-0.3, -0.25) is 10.1 Å². The number of rotatable bonds is 6. The minimum Gasteiger partial charge on any atom is -0.379 e. The van der Waals surface area contributed by atoms with Crippen molar-refractivity contribution in [1.82, 2.24) is 0 Å². The van der Waals surface area contributed by atoms with Crippen molar-refractivity contribution in [3.05, 3.63) is 28.3 Å². The highest BCUT2D eigenvalue weighted by molar-refractivity contribution is 7.90. The lowest BCUT2D eigenvalue weighted by molar-refractivity contribution is -0.386. The van der Waals surface area contributed by atoms with Crippen LogP contribution in [-0.2, 0) is 9.84 Å². The predicted molar refractivity (Wildman–Crippen MR) is 88.3 cm³/mol. The van der Waals surface area contributed by atoms with Crippen LogP contribution >= 0.6 is 0 Å². The number of fused-ring (bicyclic) bond motifs is 2. The molecule has 0 aromatic heterocycles. The number of benzene rings is 1. The second-order valence-corrected chi connectivity index (χ2v) is 8.82. The third-order valence-electron chi connectivity index (χ3n) is 5.30. The molecule has 0 radical (unpaired) electrons. The number of nitrogens with one attached hydrogen (secondary N) is 1. The van der Waals surface area contributed by atoms with E-state index in [0.29, 0.717) is 18.2 Å². The second kappa shape index (κ2) is 6.11. The van der Waals surface area contributed by atoms with Gasteiger partial charge in [-0.1, -0.05) is 12.5 Å². The summed E-state index contributed by atoms with van der Waals surface area (Å²) in [7, 11) is -3.63. The van der Waals surface area contributed by atoms with Gasteiger partial charge < -0.3 is 5.32 Å². The van der Waals surface area contributed by atoms with Crippen LogP contribution < -0.4 is 5.32 Å². The summed E-state index contributed by atoms with van der Waals surface area (Å²) in [6, 6.07) is 4.41. The number of hydrogen-bond acceptors (Lipinski definition) is 5. The molecule has 1 aromatic carbocycles. The van der Waals surface area contributed by atoms with Gasteiger partial charge >= 0.3 is 5.69 Å². The van der Waals surface area contributed by atoms with Gasteiger partial charge in [0.15, 0.2) is 9.84 Å². The number of para-hydroxylation sites is 1. The maximum Gasteiger partial charge on any atom is 0.310 e. The quantitative estimate of drug-likeness (QED) is 0.635. The molecule has 2 bridgehead atoms. The SMILES string of the molecule is CS(=O)(=O)c1cccc(NCCC2CC3CCC2C3)c1[N+](=O)[O-]. The second-order valence-electron chi connectivity index (χ2n) is 6.83. The molecule has 3 atom stereocenters. The summed E-state index contributed by atoms with van der Waals surface area (Å²) in [5.41, 5.74) is -0.0518. The minimum atomic E-state index is -3.63. The summed E-state index contributed by atoms with van der Waals surface area (Å²) in [6.45, 7) is 0.641. The Morgan fingerprint density at radius 1 is 1.30 bits per heavy atom. The molecule has 6 nitrogen and oxygen atoms in total. The molecule has 0 heterocycles. The maximum atomic E-state index is 11.7. The average Bonchev–Trinajstić information content (AvgIpc) is 3.08. The van der Waals surface area contributed by atoms with Gasteiger partial charge in [0.25, 0.3) is 0 Å². The van der Waals surface area contributed by atoms with Gasteiger partial charge in [0, 0.05) is 12.8 Å². The lowest BCUT2D eigenvalue weighted by Gasteiger charge is -2.21. The molecule has 2 fully saturated rings. The fourth-order valence-corrected chi connectivity index (χ4v) is 5.14. The van der Waals surface area contributed by atoms with Crippen molar-refractivity contribution in [2.75, 3.05) is 18.1 Å². The van der Waals surface area contributed by atoms with E-state index in [4.69, 9.17) is 0 Å². The molecular formula is C16H22N2O4S. The van der Waals surface area contributed by atoms with E-state index in [2.05, 4.69) is 5.32 Å². The fourth-order valence-electron chi connectivity index (χ4n) is 4.27. The highest BCUT2D eigenvalue weighted by Crippen LogP contribution is 2.49. The Hall–Kier alpha value is -1.63. The molecule has 3 rings (SSSR count). The Labute approximate surface area is 136 Å². The van der Waals surface area contributed by atoms with Gasteiger partial charge in [0.2, 0.25) is 0 Å². The van der Waals surface area contributed by atoms with Crippen LogP contribution in [0.15, 0.2) is 23.1 Å². The van der Waals surface area contributed by atoms with Gasteiger partial charge in [0.05, 0.1) is 4.92 Å². The zero-order valence-corrected chi connectivity index (χ0v) is 14.0. The van der Waals surface area contributed by atoms with Crippen molar-refractivity contribution in [2.24, 2.45) is 17.8 Å². The number of sulfone groups is 1. The molecule has 1 aromatic rings. The summed E-state index contributed by atoms with van der Waals surface area (Å²) in [6.07, 6.45) is 7.28. The van der Waals surface area contributed by atoms with Gasteiger partial charge in [-0.15, -0.1) is 0 Å². The lowest BCUT2D eigenvalue weighted by atomic mass is 9.86. The van der Waals surface area contributed by atoms with E-state index in [9.17, 15) is 18.5 Å². The Morgan fingerprint density at radius 2 is 2.09 bits per heavy atom. The number of nitrogens with zero attached hydrogens (tertiary/aromatic N) is 1. The van der Waals surface area contributed by atoms with Crippen LogP contribution in [0.3, 0.4) is 0 Å². The largest absolute Gasteiger partial charge is 0.379 e. The standard InChI is InChI=1S/C16H22N2O4S/c1-23(21,22)15-4-2-3-14(16(15)18(19)20)17-8-7-13-10-11-5-6-12(13)9-11/h2-4,11-13,17H,5-10H2,1H3. The van der Waals surface area contributed by atoms with E-state index in [-0.39, 0.29) is 10.6 Å². The van der Waals surface area contributed by atoms with Gasteiger partial charge in [-0.25, -0.2) is 8.42 Å². The summed E-state index contributed by atoms with van der Waals surface area (Å²) in [5, 5.41) is 14.4. The molecule has 0 aliphatic heterocycles. The first-order valence-corrected chi connectivity index (χ1v) is 9.96. The van der Waals surface area contributed by atoms with Gasteiger partial charge in [-0.05, 0) is 55.6 Å². The number of nitro groups is 1. The smallest absolute Gasteiger partial charge is 0.310 e. The van der Waals surface area contributed by atoms with Crippen molar-refractivity contribution in [3.8, 4) is 0 Å². The van der Waals surface area contributed by atoms with Gasteiger partial charge in [0.1, 0.15) is 10.6 Å². The topological polar surface area (TPSA) is 89.3 Å². The van der Waals surface area contributed by atoms with E-state index in [1.165, 1.54) is 31.7 Å². The molecule has 0 amide bonds. The lowest BCUT2D eigenvalue weighted by Crippen LogP contribution is -2.16. The molecule has 0 saturated heterocycles. The molecule has 2 aliphatic rings. The van der Waals surface area contributed by atoms with Crippen molar-refractivity contribution in [3.63, 3.8) is 0 Å². The van der Waals surface area contributed by atoms with Crippen molar-refractivity contribution >= 4 is 21.2 Å². The first-order chi connectivity index (χ1) is 10.9. The Kier molecular flexibility index (Phi) is 4.31. The van der Waals surface area contributed by atoms with Gasteiger partial charge in [-0.2, -0.15) is 0 Å². The summed E-state index contributed by atoms with van der Waals surface area (Å²) in [4.78, 5) is 10.5. The molecule has 0 spiro atoms. The van der Waals surface area contributed by atoms with E-state index in [1.807, 2.05) is 0 Å². The zero-order valence-electron chi connectivity index (χ0n) is 13.2. The Morgan fingerprint density at radius 3 is 2.65 bits per heavy atom. The first kappa shape index (κ1) is 16.2. The van der Waals surface area contributed by atoms with Crippen LogP contribution in [0.1, 0.15) is 32.1 Å². The van der Waals surface area contributed by atoms with Crippen molar-refractivity contribution in [2.45, 2.75) is 37.0 Å². The highest BCUT2D eigenvalue weighted by Gasteiger charge is 2.38. The molecule has 7 heteroatoms. The predicted octanol–water partition coefficient (Wildman–Crippen LogP) is 3.24. The molecule has 3 unspecified atom stereocenters. The molecule has 23 heavy (non-hydrogen) atoms. The Bertz CT molecular complexity index is 717. The molecule has 1 N–H and O–H groups in total. The van der Waals surface area contributed by atoms with Crippen LogP contribution in [0.25, 0.3) is 0 Å². The highest BCUT2D eigenvalue weighted by atomic mass is 32.2. The normalized spacial score (nSPS) is 26.4. The number of hydrogen-bond donors (Lipinski definition) is 1. The van der Waals surface area contributed by atoms with Crippen LogP contribution in [-0.4, -0.2) is 26.1 Å². The number of nitro benzene ring substituents is 1. The monoisotopic (exact) mass is 338 g/mol. The molecule has 2 aliphatic carbocycles. The third kappa shape index (κ3) is 3.34. The van der Waals surface area contributed by atoms with Crippen molar-refractivity contribution in [1.29, 1.82) is 0 Å².